The summed E-state index contributed by atoms with van der Waals surface area (Å²) in [5.74, 6) is 0.0169. The summed E-state index contributed by atoms with van der Waals surface area (Å²) in [6.07, 6.45) is 1.39. The fourth-order valence-electron chi connectivity index (χ4n) is 2.60. The maximum Gasteiger partial charge on any atom is 0.232 e. The maximum atomic E-state index is 12.5. The molecular formula is C15H23ClN2O2. The monoisotopic (exact) mass is 298 g/mol. The summed E-state index contributed by atoms with van der Waals surface area (Å²) >= 11 is 0. The number of nitrogens with two attached hydrogens (primary N) is 1. The van der Waals surface area contributed by atoms with E-state index >= 15 is 0 Å². The molecule has 1 aliphatic rings. The summed E-state index contributed by atoms with van der Waals surface area (Å²) in [7, 11) is 0. The van der Waals surface area contributed by atoms with Gasteiger partial charge in [0, 0.05) is 25.4 Å². The Bertz CT molecular complexity index is 451. The number of halogens is 1. The summed E-state index contributed by atoms with van der Waals surface area (Å²) in [6.45, 7) is 5.63. The van der Waals surface area contributed by atoms with Crippen LogP contribution in [0.1, 0.15) is 24.0 Å². The largest absolute Gasteiger partial charge is 0.381 e. The summed E-state index contributed by atoms with van der Waals surface area (Å²) in [6, 6.07) is 6.05. The molecular weight excluding hydrogens is 276 g/mol. The third-order valence-electron chi connectivity index (χ3n) is 3.80. The van der Waals surface area contributed by atoms with Crippen molar-refractivity contribution in [1.82, 2.24) is 0 Å². The van der Waals surface area contributed by atoms with E-state index in [9.17, 15) is 4.79 Å². The molecule has 0 atom stereocenters. The molecule has 0 unspecified atom stereocenters. The van der Waals surface area contributed by atoms with Crippen LogP contribution in [0.15, 0.2) is 18.2 Å². The lowest BCUT2D eigenvalue weighted by Crippen LogP contribution is -2.46. The minimum Gasteiger partial charge on any atom is -0.381 e. The molecule has 1 heterocycles. The zero-order chi connectivity index (χ0) is 13.9. The Morgan fingerprint density at radius 3 is 2.30 bits per heavy atom. The Morgan fingerprint density at radius 1 is 1.25 bits per heavy atom. The Balaban J connectivity index is 0.00000200. The smallest absolute Gasteiger partial charge is 0.232 e. The first-order chi connectivity index (χ1) is 9.05. The van der Waals surface area contributed by atoms with Crippen molar-refractivity contribution in [2.24, 2.45) is 11.1 Å². The SMILES string of the molecule is Cc1cc(C)cc(NC(=O)C2(CN)CCOCC2)c1.Cl. The molecule has 0 aromatic heterocycles. The van der Waals surface area contributed by atoms with Gasteiger partial charge in [-0.3, -0.25) is 4.79 Å². The minimum atomic E-state index is -0.476. The van der Waals surface area contributed by atoms with Crippen LogP contribution in [-0.4, -0.2) is 25.7 Å². The minimum absolute atomic E-state index is 0. The second-order valence-electron chi connectivity index (χ2n) is 5.43. The Labute approximate surface area is 126 Å². The van der Waals surface area contributed by atoms with Crippen LogP contribution in [0.2, 0.25) is 0 Å². The molecule has 3 N–H and O–H groups in total. The predicted octanol–water partition coefficient (Wildman–Crippen LogP) is 2.42. The van der Waals surface area contributed by atoms with Crippen LogP contribution in [0.3, 0.4) is 0 Å². The molecule has 4 nitrogen and oxygen atoms in total. The van der Waals surface area contributed by atoms with Gasteiger partial charge in [-0.15, -0.1) is 12.4 Å². The van der Waals surface area contributed by atoms with Crippen molar-refractivity contribution in [3.8, 4) is 0 Å². The third kappa shape index (κ3) is 3.72. The molecule has 1 amide bonds. The number of hydrogen-bond acceptors (Lipinski definition) is 3. The van der Waals surface area contributed by atoms with Gasteiger partial charge in [0.15, 0.2) is 0 Å². The van der Waals surface area contributed by atoms with E-state index in [1.54, 1.807) is 0 Å². The molecule has 0 spiro atoms. The summed E-state index contributed by atoms with van der Waals surface area (Å²) < 4.78 is 5.33. The molecule has 1 aromatic rings. The van der Waals surface area contributed by atoms with Gasteiger partial charge in [0.05, 0.1) is 5.41 Å². The van der Waals surface area contributed by atoms with Gasteiger partial charge in [-0.1, -0.05) is 6.07 Å². The highest BCUT2D eigenvalue weighted by Crippen LogP contribution is 2.31. The van der Waals surface area contributed by atoms with Gasteiger partial charge in [-0.25, -0.2) is 0 Å². The van der Waals surface area contributed by atoms with E-state index in [0.717, 1.165) is 16.8 Å². The summed E-state index contributed by atoms with van der Waals surface area (Å²) in [5.41, 5.74) is 8.49. The molecule has 0 saturated carbocycles. The standard InChI is InChI=1S/C15H22N2O2.ClH/c1-11-7-12(2)9-13(8-11)17-14(18)15(10-16)3-5-19-6-4-15;/h7-9H,3-6,10,16H2,1-2H3,(H,17,18);1H. The average molecular weight is 299 g/mol. The highest BCUT2D eigenvalue weighted by atomic mass is 35.5. The number of nitrogens with one attached hydrogen (secondary N) is 1. The highest BCUT2D eigenvalue weighted by Gasteiger charge is 2.38. The van der Waals surface area contributed by atoms with Crippen molar-refractivity contribution in [1.29, 1.82) is 0 Å². The third-order valence-corrected chi connectivity index (χ3v) is 3.80. The zero-order valence-electron chi connectivity index (χ0n) is 12.1. The fraction of sp³-hybridized carbons (Fsp3) is 0.533. The van der Waals surface area contributed by atoms with E-state index in [-0.39, 0.29) is 18.3 Å². The number of carbonyl (C=O) groups is 1. The molecule has 0 bridgehead atoms. The lowest BCUT2D eigenvalue weighted by molar-refractivity contribution is -0.130. The van der Waals surface area contributed by atoms with Gasteiger partial charge in [-0.05, 0) is 49.9 Å². The lowest BCUT2D eigenvalue weighted by Gasteiger charge is -2.34. The van der Waals surface area contributed by atoms with Gasteiger partial charge in [0.1, 0.15) is 0 Å². The number of aryl methyl sites for hydroxylation is 2. The van der Waals surface area contributed by atoms with Crippen molar-refractivity contribution < 1.29 is 9.53 Å². The van der Waals surface area contributed by atoms with Gasteiger partial charge in [0.25, 0.3) is 0 Å². The van der Waals surface area contributed by atoms with Gasteiger partial charge in [-0.2, -0.15) is 0 Å². The van der Waals surface area contributed by atoms with Gasteiger partial charge < -0.3 is 15.8 Å². The molecule has 2 rings (SSSR count). The van der Waals surface area contributed by atoms with Crippen molar-refractivity contribution in [2.45, 2.75) is 26.7 Å². The second kappa shape index (κ2) is 7.07. The Kier molecular flexibility index (Phi) is 5.99. The number of anilines is 1. The number of rotatable bonds is 3. The van der Waals surface area contributed by atoms with Crippen LogP contribution in [-0.2, 0) is 9.53 Å². The number of ether oxygens (including phenoxy) is 1. The molecule has 112 valence electrons. The van der Waals surface area contributed by atoms with E-state index < -0.39 is 5.41 Å². The quantitative estimate of drug-likeness (QED) is 0.901. The number of benzene rings is 1. The van der Waals surface area contributed by atoms with Crippen molar-refractivity contribution in [3.63, 3.8) is 0 Å². The molecule has 5 heteroatoms. The van der Waals surface area contributed by atoms with E-state index in [4.69, 9.17) is 10.5 Å². The number of hydrogen-bond donors (Lipinski definition) is 2. The normalized spacial score (nSPS) is 17.1. The van der Waals surface area contributed by atoms with Crippen molar-refractivity contribution in [2.75, 3.05) is 25.1 Å². The van der Waals surface area contributed by atoms with E-state index in [1.807, 2.05) is 26.0 Å². The molecule has 0 aliphatic carbocycles. The lowest BCUT2D eigenvalue weighted by atomic mass is 9.79. The molecule has 1 saturated heterocycles. The molecule has 1 aliphatic heterocycles. The zero-order valence-corrected chi connectivity index (χ0v) is 12.9. The van der Waals surface area contributed by atoms with Crippen molar-refractivity contribution in [3.05, 3.63) is 29.3 Å². The van der Waals surface area contributed by atoms with Crippen LogP contribution in [0.4, 0.5) is 5.69 Å². The molecule has 0 radical (unpaired) electrons. The first-order valence-corrected chi connectivity index (χ1v) is 6.73. The Morgan fingerprint density at radius 2 is 1.80 bits per heavy atom. The van der Waals surface area contributed by atoms with Crippen LogP contribution in [0, 0.1) is 19.3 Å². The van der Waals surface area contributed by atoms with E-state index in [0.29, 0.717) is 32.6 Å². The molecule has 1 aromatic carbocycles. The number of amides is 1. The van der Waals surface area contributed by atoms with Gasteiger partial charge >= 0.3 is 0 Å². The molecule has 1 fully saturated rings. The first kappa shape index (κ1) is 17.0. The van der Waals surface area contributed by atoms with E-state index in [1.165, 1.54) is 0 Å². The Hall–Kier alpha value is -1.10. The highest BCUT2D eigenvalue weighted by molar-refractivity contribution is 5.95. The second-order valence-corrected chi connectivity index (χ2v) is 5.43. The average Bonchev–Trinajstić information content (AvgIpc) is 2.38. The fourth-order valence-corrected chi connectivity index (χ4v) is 2.60. The first-order valence-electron chi connectivity index (χ1n) is 6.73. The van der Waals surface area contributed by atoms with Gasteiger partial charge in [0.2, 0.25) is 5.91 Å². The predicted molar refractivity (Wildman–Crippen MR) is 83.3 cm³/mol. The van der Waals surface area contributed by atoms with Crippen LogP contribution in [0.5, 0.6) is 0 Å². The number of carbonyl (C=O) groups excluding carboxylic acids is 1. The van der Waals surface area contributed by atoms with Crippen LogP contribution < -0.4 is 11.1 Å². The maximum absolute atomic E-state index is 12.5. The topological polar surface area (TPSA) is 64.4 Å². The van der Waals surface area contributed by atoms with Crippen LogP contribution in [0.25, 0.3) is 0 Å². The van der Waals surface area contributed by atoms with E-state index in [2.05, 4.69) is 11.4 Å². The van der Waals surface area contributed by atoms with Crippen molar-refractivity contribution >= 4 is 24.0 Å². The van der Waals surface area contributed by atoms with Crippen LogP contribution >= 0.6 is 12.4 Å². The summed E-state index contributed by atoms with van der Waals surface area (Å²) in [4.78, 5) is 12.5. The molecule has 20 heavy (non-hydrogen) atoms. The summed E-state index contributed by atoms with van der Waals surface area (Å²) in [5, 5.41) is 3.01.